The van der Waals surface area contributed by atoms with Crippen LogP contribution in [0.5, 0.6) is 0 Å². The molecule has 0 saturated carbocycles. The fourth-order valence-corrected chi connectivity index (χ4v) is 5.10. The Morgan fingerprint density at radius 2 is 2.14 bits per heavy atom. The number of hydrogen-bond acceptors (Lipinski definition) is 7. The average Bonchev–Trinajstić information content (AvgIpc) is 2.66. The van der Waals surface area contributed by atoms with E-state index in [1.807, 2.05) is 0 Å². The number of aliphatic hydroxyl groups is 1. The summed E-state index contributed by atoms with van der Waals surface area (Å²) in [5.41, 5.74) is 4.22. The van der Waals surface area contributed by atoms with Crippen LogP contribution in [0.2, 0.25) is 0 Å². The van der Waals surface area contributed by atoms with Crippen molar-refractivity contribution >= 4 is 32.0 Å². The Bertz CT molecular complexity index is 653. The predicted molar refractivity (Wildman–Crippen MR) is 78.6 cm³/mol. The Labute approximate surface area is 126 Å². The third-order valence-electron chi connectivity index (χ3n) is 3.53. The first-order chi connectivity index (χ1) is 9.63. The molecule has 0 aliphatic carbocycles. The monoisotopic (exact) mass is 335 g/mol. The molecule has 0 spiro atoms. The maximum atomic E-state index is 12.5. The van der Waals surface area contributed by atoms with Gasteiger partial charge in [-0.1, -0.05) is 11.3 Å². The lowest BCUT2D eigenvalue weighted by atomic mass is 9.98. The van der Waals surface area contributed by atoms with Crippen LogP contribution in [0.4, 0.5) is 10.7 Å². The van der Waals surface area contributed by atoms with E-state index >= 15 is 0 Å². The van der Waals surface area contributed by atoms with Crippen LogP contribution < -0.4 is 5.73 Å². The minimum absolute atomic E-state index is 0.125. The van der Waals surface area contributed by atoms with Gasteiger partial charge in [0.2, 0.25) is 0 Å². The van der Waals surface area contributed by atoms with Crippen LogP contribution in [-0.2, 0) is 10.0 Å². The molecule has 1 atom stereocenters. The highest BCUT2D eigenvalue weighted by molar-refractivity contribution is 7.91. The molecule has 2 heterocycles. The van der Waals surface area contributed by atoms with E-state index in [1.165, 1.54) is 4.31 Å². The number of thiophene rings is 1. The van der Waals surface area contributed by atoms with Gasteiger partial charge in [0.05, 0.1) is 10.5 Å². The molecule has 21 heavy (non-hydrogen) atoms. The van der Waals surface area contributed by atoms with Crippen LogP contribution in [-0.4, -0.2) is 41.4 Å². The van der Waals surface area contributed by atoms with Crippen LogP contribution in [0.1, 0.15) is 26.2 Å². The van der Waals surface area contributed by atoms with E-state index in [1.54, 1.807) is 6.92 Å². The number of nitro groups is 1. The first-order valence-corrected chi connectivity index (χ1v) is 8.65. The molecule has 0 amide bonds. The molecule has 1 unspecified atom stereocenters. The van der Waals surface area contributed by atoms with Crippen molar-refractivity contribution in [3.05, 3.63) is 16.2 Å². The van der Waals surface area contributed by atoms with Gasteiger partial charge in [-0.3, -0.25) is 10.1 Å². The van der Waals surface area contributed by atoms with Gasteiger partial charge in [0.15, 0.2) is 5.00 Å². The van der Waals surface area contributed by atoms with Crippen molar-refractivity contribution in [2.24, 2.45) is 0 Å². The van der Waals surface area contributed by atoms with E-state index in [4.69, 9.17) is 5.73 Å². The molecule has 1 saturated heterocycles. The Balaban J connectivity index is 2.29. The molecule has 0 bridgehead atoms. The fraction of sp³-hybridized carbons (Fsp3) is 0.636. The summed E-state index contributed by atoms with van der Waals surface area (Å²) in [5.74, 6) is 0. The summed E-state index contributed by atoms with van der Waals surface area (Å²) in [6.07, 6.45) is 1.39. The molecular formula is C11H17N3O5S2. The second-order valence-corrected chi connectivity index (χ2v) is 8.58. The molecule has 2 rings (SSSR count). The van der Waals surface area contributed by atoms with Crippen molar-refractivity contribution in [1.82, 2.24) is 4.31 Å². The highest BCUT2D eigenvalue weighted by Crippen LogP contribution is 2.36. The highest BCUT2D eigenvalue weighted by atomic mass is 32.2. The molecule has 0 aromatic carbocycles. The summed E-state index contributed by atoms with van der Waals surface area (Å²) in [6, 6.07) is 0.998. The summed E-state index contributed by atoms with van der Waals surface area (Å²) < 4.78 is 26.2. The van der Waals surface area contributed by atoms with Gasteiger partial charge >= 0.3 is 5.69 Å². The standard InChI is InChI=1S/C11H17N3O5S2/c1-11(15)3-2-5-13(6-4-11)21(18,19)9-7-8(14(16)17)10(12)20-9/h7,15H,2-6,12H2,1H3. The molecule has 1 aliphatic heterocycles. The number of anilines is 1. The zero-order valence-corrected chi connectivity index (χ0v) is 13.1. The summed E-state index contributed by atoms with van der Waals surface area (Å²) in [4.78, 5) is 10.1. The Morgan fingerprint density at radius 1 is 1.48 bits per heavy atom. The topological polar surface area (TPSA) is 127 Å². The van der Waals surface area contributed by atoms with Gasteiger partial charge in [-0.2, -0.15) is 4.31 Å². The summed E-state index contributed by atoms with van der Waals surface area (Å²) in [7, 11) is -3.81. The Hall–Kier alpha value is -1.23. The zero-order chi connectivity index (χ0) is 15.8. The van der Waals surface area contributed by atoms with Gasteiger partial charge in [0.25, 0.3) is 10.0 Å². The molecule has 1 aliphatic rings. The lowest BCUT2D eigenvalue weighted by Crippen LogP contribution is -2.33. The fourth-order valence-electron chi connectivity index (χ4n) is 2.25. The lowest BCUT2D eigenvalue weighted by molar-refractivity contribution is -0.383. The molecule has 118 valence electrons. The molecule has 3 N–H and O–H groups in total. The molecule has 10 heteroatoms. The third-order valence-corrected chi connectivity index (χ3v) is 6.83. The zero-order valence-electron chi connectivity index (χ0n) is 11.5. The maximum absolute atomic E-state index is 12.5. The molecule has 1 fully saturated rings. The minimum Gasteiger partial charge on any atom is -0.390 e. The predicted octanol–water partition coefficient (Wildman–Crippen LogP) is 1.16. The van der Waals surface area contributed by atoms with E-state index in [-0.39, 0.29) is 28.0 Å². The second-order valence-electron chi connectivity index (χ2n) is 5.33. The van der Waals surface area contributed by atoms with E-state index in [9.17, 15) is 23.6 Å². The second kappa shape index (κ2) is 5.52. The van der Waals surface area contributed by atoms with Crippen LogP contribution in [0.3, 0.4) is 0 Å². The van der Waals surface area contributed by atoms with Crippen LogP contribution >= 0.6 is 11.3 Å². The van der Waals surface area contributed by atoms with Gasteiger partial charge in [0.1, 0.15) is 4.21 Å². The van der Waals surface area contributed by atoms with Crippen molar-refractivity contribution in [1.29, 1.82) is 0 Å². The molecule has 0 radical (unpaired) electrons. The minimum atomic E-state index is -3.81. The highest BCUT2D eigenvalue weighted by Gasteiger charge is 2.34. The van der Waals surface area contributed by atoms with Gasteiger partial charge in [-0.05, 0) is 26.2 Å². The van der Waals surface area contributed by atoms with Crippen molar-refractivity contribution < 1.29 is 18.4 Å². The number of nitrogens with two attached hydrogens (primary N) is 1. The lowest BCUT2D eigenvalue weighted by Gasteiger charge is -2.21. The van der Waals surface area contributed by atoms with Crippen molar-refractivity contribution in [3.63, 3.8) is 0 Å². The number of hydrogen-bond donors (Lipinski definition) is 2. The van der Waals surface area contributed by atoms with E-state index in [0.29, 0.717) is 30.6 Å². The molecular weight excluding hydrogens is 318 g/mol. The number of rotatable bonds is 3. The third kappa shape index (κ3) is 3.34. The van der Waals surface area contributed by atoms with Gasteiger partial charge in [-0.25, -0.2) is 8.42 Å². The van der Waals surface area contributed by atoms with Gasteiger partial charge in [0, 0.05) is 19.2 Å². The normalized spacial score (nSPS) is 24.7. The van der Waals surface area contributed by atoms with Crippen LogP contribution in [0.15, 0.2) is 10.3 Å². The first kappa shape index (κ1) is 16.1. The van der Waals surface area contributed by atoms with E-state index < -0.39 is 20.5 Å². The molecule has 1 aromatic rings. The summed E-state index contributed by atoms with van der Waals surface area (Å²) in [5, 5.41) is 20.6. The van der Waals surface area contributed by atoms with E-state index in [0.717, 1.165) is 6.07 Å². The van der Waals surface area contributed by atoms with Gasteiger partial charge in [-0.15, -0.1) is 0 Å². The number of nitrogen functional groups attached to an aromatic ring is 1. The average molecular weight is 335 g/mol. The Kier molecular flexibility index (Phi) is 4.24. The SMILES string of the molecule is CC1(O)CCCN(S(=O)(=O)c2cc([N+](=O)[O-])c(N)s2)CC1. The number of sulfonamides is 1. The van der Waals surface area contributed by atoms with Crippen molar-refractivity contribution in [3.8, 4) is 0 Å². The number of nitrogens with zero attached hydrogens (tertiary/aromatic N) is 2. The van der Waals surface area contributed by atoms with E-state index in [2.05, 4.69) is 0 Å². The summed E-state index contributed by atoms with van der Waals surface area (Å²) >= 11 is 0.694. The maximum Gasteiger partial charge on any atom is 0.304 e. The Morgan fingerprint density at radius 3 is 2.71 bits per heavy atom. The smallest absolute Gasteiger partial charge is 0.304 e. The molecule has 8 nitrogen and oxygen atoms in total. The summed E-state index contributed by atoms with van der Waals surface area (Å²) in [6.45, 7) is 2.14. The van der Waals surface area contributed by atoms with Gasteiger partial charge < -0.3 is 10.8 Å². The largest absolute Gasteiger partial charge is 0.390 e. The van der Waals surface area contributed by atoms with Crippen molar-refractivity contribution in [2.45, 2.75) is 36.0 Å². The first-order valence-electron chi connectivity index (χ1n) is 6.40. The van der Waals surface area contributed by atoms with Crippen molar-refractivity contribution in [2.75, 3.05) is 18.8 Å². The van der Waals surface area contributed by atoms with Crippen LogP contribution in [0, 0.1) is 10.1 Å². The van der Waals surface area contributed by atoms with Crippen LogP contribution in [0.25, 0.3) is 0 Å². The quantitative estimate of drug-likeness (QED) is 0.630. The molecule has 1 aromatic heterocycles.